The van der Waals surface area contributed by atoms with Crippen LogP contribution in [0.3, 0.4) is 0 Å². The van der Waals surface area contributed by atoms with E-state index in [1.165, 1.54) is 5.69 Å². The topological polar surface area (TPSA) is 17.8 Å². The Morgan fingerprint density at radius 2 is 1.80 bits per heavy atom. The molecule has 0 bridgehead atoms. The maximum atomic E-state index is 4.36. The van der Waals surface area contributed by atoms with Gasteiger partial charge in [-0.2, -0.15) is 0 Å². The van der Waals surface area contributed by atoms with Gasteiger partial charge in [0.1, 0.15) is 5.82 Å². The minimum Gasteiger partial charge on any atom is -0.304 e. The number of hydrogen-bond acceptors (Lipinski definition) is 1. The molecule has 0 saturated carbocycles. The van der Waals surface area contributed by atoms with Gasteiger partial charge < -0.3 is 4.57 Å². The molecule has 0 saturated heterocycles. The molecule has 1 aromatic heterocycles. The second kappa shape index (κ2) is 4.99. The molecule has 1 heterocycles. The minimum atomic E-state index is 0. The van der Waals surface area contributed by atoms with E-state index in [1.54, 1.807) is 0 Å². The van der Waals surface area contributed by atoms with Gasteiger partial charge in [0.05, 0.1) is 0 Å². The summed E-state index contributed by atoms with van der Waals surface area (Å²) in [6.07, 6.45) is 3.85. The zero-order valence-corrected chi connectivity index (χ0v) is 9.74. The monoisotopic (exact) mass is 222 g/mol. The first-order chi connectivity index (χ1) is 6.79. The van der Waals surface area contributed by atoms with Crippen LogP contribution in [-0.2, 0) is 0 Å². The molecule has 15 heavy (non-hydrogen) atoms. The largest absolute Gasteiger partial charge is 0.304 e. The Bertz CT molecular complexity index is 407. The maximum Gasteiger partial charge on any atom is 0.115 e. The summed E-state index contributed by atoms with van der Waals surface area (Å²) in [4.78, 5) is 4.36. The lowest BCUT2D eigenvalue weighted by Crippen LogP contribution is -2.01. The van der Waals surface area contributed by atoms with Crippen LogP contribution in [0.15, 0.2) is 42.7 Å². The number of hydrogen-bond donors (Lipinski definition) is 0. The Morgan fingerprint density at radius 3 is 2.40 bits per heavy atom. The molecule has 0 fully saturated rings. The summed E-state index contributed by atoms with van der Waals surface area (Å²) < 4.78 is 2.13. The van der Waals surface area contributed by atoms with E-state index >= 15 is 0 Å². The van der Waals surface area contributed by atoms with Crippen molar-refractivity contribution in [2.75, 3.05) is 0 Å². The van der Waals surface area contributed by atoms with Crippen LogP contribution in [0.2, 0.25) is 0 Å². The first kappa shape index (κ1) is 11.8. The molecule has 0 N–H and O–H groups in total. The van der Waals surface area contributed by atoms with Crippen molar-refractivity contribution in [2.24, 2.45) is 0 Å². The molecule has 0 radical (unpaired) electrons. The smallest absolute Gasteiger partial charge is 0.115 e. The van der Waals surface area contributed by atoms with E-state index in [0.717, 1.165) is 5.82 Å². The Morgan fingerprint density at radius 1 is 1.13 bits per heavy atom. The molecule has 2 rings (SSSR count). The fourth-order valence-electron chi connectivity index (χ4n) is 1.55. The number of rotatable bonds is 2. The lowest BCUT2D eigenvalue weighted by Gasteiger charge is -2.09. The number of aromatic nitrogens is 2. The van der Waals surface area contributed by atoms with Crippen molar-refractivity contribution in [1.29, 1.82) is 0 Å². The number of para-hydroxylation sites is 1. The van der Waals surface area contributed by atoms with Crippen molar-refractivity contribution >= 4 is 12.4 Å². The molecule has 0 amide bonds. The van der Waals surface area contributed by atoms with Gasteiger partial charge in [0.25, 0.3) is 0 Å². The van der Waals surface area contributed by atoms with E-state index in [4.69, 9.17) is 0 Å². The lowest BCUT2D eigenvalue weighted by molar-refractivity contribution is 0.752. The molecular weight excluding hydrogens is 208 g/mol. The second-order valence-corrected chi connectivity index (χ2v) is 3.65. The van der Waals surface area contributed by atoms with Crippen molar-refractivity contribution in [3.8, 4) is 5.69 Å². The van der Waals surface area contributed by atoms with Gasteiger partial charge in [-0.05, 0) is 12.1 Å². The summed E-state index contributed by atoms with van der Waals surface area (Å²) in [6.45, 7) is 4.31. The summed E-state index contributed by atoms with van der Waals surface area (Å²) in [7, 11) is 0. The molecule has 0 aliphatic heterocycles. The van der Waals surface area contributed by atoms with Gasteiger partial charge >= 0.3 is 0 Å². The summed E-state index contributed by atoms with van der Waals surface area (Å²) in [6, 6.07) is 10.3. The molecule has 0 aliphatic rings. The Labute approximate surface area is 96.4 Å². The van der Waals surface area contributed by atoms with E-state index in [2.05, 4.69) is 35.5 Å². The van der Waals surface area contributed by atoms with Crippen LogP contribution in [0, 0.1) is 0 Å². The lowest BCUT2D eigenvalue weighted by atomic mass is 10.2. The maximum absolute atomic E-state index is 4.36. The van der Waals surface area contributed by atoms with Gasteiger partial charge in [-0.25, -0.2) is 4.98 Å². The molecule has 1 aromatic carbocycles. The molecule has 0 spiro atoms. The molecule has 0 unspecified atom stereocenters. The third-order valence-corrected chi connectivity index (χ3v) is 2.22. The van der Waals surface area contributed by atoms with Crippen LogP contribution >= 0.6 is 12.4 Å². The normalized spacial score (nSPS) is 10.1. The van der Waals surface area contributed by atoms with Crippen LogP contribution in [0.4, 0.5) is 0 Å². The predicted octanol–water partition coefficient (Wildman–Crippen LogP) is 3.42. The van der Waals surface area contributed by atoms with Crippen molar-refractivity contribution < 1.29 is 0 Å². The molecule has 2 nitrogen and oxygen atoms in total. The molecule has 0 atom stereocenters. The van der Waals surface area contributed by atoms with E-state index in [1.807, 2.05) is 30.6 Å². The second-order valence-electron chi connectivity index (χ2n) is 3.65. The number of halogens is 1. The highest BCUT2D eigenvalue weighted by Gasteiger charge is 2.07. The zero-order chi connectivity index (χ0) is 9.97. The predicted molar refractivity (Wildman–Crippen MR) is 64.9 cm³/mol. The van der Waals surface area contributed by atoms with Crippen molar-refractivity contribution in [3.63, 3.8) is 0 Å². The van der Waals surface area contributed by atoms with Crippen LogP contribution in [0.5, 0.6) is 0 Å². The van der Waals surface area contributed by atoms with Crippen LogP contribution < -0.4 is 0 Å². The summed E-state index contributed by atoms with van der Waals surface area (Å²) in [5.74, 6) is 1.56. The summed E-state index contributed by atoms with van der Waals surface area (Å²) in [5, 5.41) is 0. The highest BCUT2D eigenvalue weighted by molar-refractivity contribution is 5.85. The van der Waals surface area contributed by atoms with Gasteiger partial charge in [-0.15, -0.1) is 12.4 Å². The van der Waals surface area contributed by atoms with Gasteiger partial charge in [-0.3, -0.25) is 0 Å². The van der Waals surface area contributed by atoms with Gasteiger partial charge in [0.2, 0.25) is 0 Å². The fourth-order valence-corrected chi connectivity index (χ4v) is 1.55. The van der Waals surface area contributed by atoms with E-state index in [9.17, 15) is 0 Å². The van der Waals surface area contributed by atoms with Crippen molar-refractivity contribution in [2.45, 2.75) is 19.8 Å². The third-order valence-electron chi connectivity index (χ3n) is 2.22. The Balaban J connectivity index is 0.00000112. The quantitative estimate of drug-likeness (QED) is 0.762. The Kier molecular flexibility index (Phi) is 3.92. The Hall–Kier alpha value is -1.28. The minimum absolute atomic E-state index is 0. The van der Waals surface area contributed by atoms with E-state index in [-0.39, 0.29) is 12.4 Å². The number of nitrogens with zero attached hydrogens (tertiary/aromatic N) is 2. The highest BCUT2D eigenvalue weighted by Crippen LogP contribution is 2.16. The SMILES string of the molecule is CC(C)c1nccn1-c1ccccc1.Cl. The standard InChI is InChI=1S/C12H14N2.ClH/c1-10(2)12-13-8-9-14(12)11-6-4-3-5-7-11;/h3-10H,1-2H3;1H. The average molecular weight is 223 g/mol. The zero-order valence-electron chi connectivity index (χ0n) is 8.92. The molecular formula is C12H15ClN2. The van der Waals surface area contributed by atoms with Crippen LogP contribution in [-0.4, -0.2) is 9.55 Å². The number of benzene rings is 1. The molecule has 2 aromatic rings. The average Bonchev–Trinajstić information content (AvgIpc) is 2.67. The third kappa shape index (κ3) is 2.39. The van der Waals surface area contributed by atoms with Gasteiger partial charge in [-0.1, -0.05) is 32.0 Å². The highest BCUT2D eigenvalue weighted by atomic mass is 35.5. The van der Waals surface area contributed by atoms with E-state index in [0.29, 0.717) is 5.92 Å². The van der Waals surface area contributed by atoms with Crippen molar-refractivity contribution in [3.05, 3.63) is 48.5 Å². The van der Waals surface area contributed by atoms with Crippen LogP contribution in [0.1, 0.15) is 25.6 Å². The summed E-state index contributed by atoms with van der Waals surface area (Å²) >= 11 is 0. The molecule has 3 heteroatoms. The van der Waals surface area contributed by atoms with E-state index < -0.39 is 0 Å². The van der Waals surface area contributed by atoms with Crippen LogP contribution in [0.25, 0.3) is 5.69 Å². The fraction of sp³-hybridized carbons (Fsp3) is 0.250. The van der Waals surface area contributed by atoms with Crippen molar-refractivity contribution in [1.82, 2.24) is 9.55 Å². The first-order valence-corrected chi connectivity index (χ1v) is 4.87. The number of imidazole rings is 1. The first-order valence-electron chi connectivity index (χ1n) is 4.87. The molecule has 80 valence electrons. The molecule has 0 aliphatic carbocycles. The van der Waals surface area contributed by atoms with Gasteiger partial charge in [0, 0.05) is 24.0 Å². The van der Waals surface area contributed by atoms with Gasteiger partial charge in [0.15, 0.2) is 0 Å². The summed E-state index contributed by atoms with van der Waals surface area (Å²) in [5.41, 5.74) is 1.17.